The normalized spacial score (nSPS) is 19.2. The van der Waals surface area contributed by atoms with E-state index in [1.54, 1.807) is 11.0 Å². The first-order chi connectivity index (χ1) is 21.9. The van der Waals surface area contributed by atoms with Crippen molar-refractivity contribution >= 4 is 28.2 Å². The van der Waals surface area contributed by atoms with Crippen molar-refractivity contribution in [3.8, 4) is 6.01 Å². The van der Waals surface area contributed by atoms with Crippen LogP contribution in [-0.2, 0) is 17.8 Å². The molecule has 1 amide bonds. The monoisotopic (exact) mass is 615 g/mol. The number of amides is 1. The lowest BCUT2D eigenvalue weighted by atomic mass is 10.0. The molecule has 11 heteroatoms. The van der Waals surface area contributed by atoms with Crippen LogP contribution < -0.4 is 14.5 Å². The van der Waals surface area contributed by atoms with E-state index in [9.17, 15) is 9.18 Å². The number of carbonyl (C=O) groups is 1. The zero-order chi connectivity index (χ0) is 31.5. The Morgan fingerprint density at radius 1 is 1.18 bits per heavy atom. The van der Waals surface area contributed by atoms with Crippen molar-refractivity contribution in [2.75, 3.05) is 62.8 Å². The molecular formula is C34H39F2N7O2. The molecule has 2 aliphatic heterocycles. The van der Waals surface area contributed by atoms with Gasteiger partial charge in [-0.25, -0.2) is 15.4 Å². The molecule has 0 unspecified atom stereocenters. The maximum Gasteiger partial charge on any atom is 0.318 e. The molecule has 2 atom stereocenters. The molecule has 236 valence electrons. The van der Waals surface area contributed by atoms with E-state index in [4.69, 9.17) is 21.3 Å². The van der Waals surface area contributed by atoms with Gasteiger partial charge in [0.2, 0.25) is 12.5 Å². The second-order valence-corrected chi connectivity index (χ2v) is 12.2. The van der Waals surface area contributed by atoms with E-state index >= 15 is 4.39 Å². The molecule has 0 N–H and O–H groups in total. The van der Waals surface area contributed by atoms with Gasteiger partial charge in [-0.05, 0) is 56.8 Å². The van der Waals surface area contributed by atoms with Crippen molar-refractivity contribution in [2.45, 2.75) is 50.9 Å². The Morgan fingerprint density at radius 2 is 1.98 bits per heavy atom. The first kappa shape index (κ1) is 30.7. The molecule has 1 aromatic heterocycles. The lowest BCUT2D eigenvalue weighted by Crippen LogP contribution is -2.56. The molecule has 2 fully saturated rings. The maximum atomic E-state index is 15.1. The summed E-state index contributed by atoms with van der Waals surface area (Å²) in [5.41, 5.74) is 2.65. The average Bonchev–Trinajstić information content (AvgIpc) is 3.89. The van der Waals surface area contributed by atoms with E-state index in [0.29, 0.717) is 50.6 Å². The molecule has 0 radical (unpaired) electrons. The van der Waals surface area contributed by atoms with Gasteiger partial charge in [0, 0.05) is 61.5 Å². The van der Waals surface area contributed by atoms with Crippen molar-refractivity contribution in [1.29, 1.82) is 0 Å². The van der Waals surface area contributed by atoms with Crippen LogP contribution in [0.2, 0.25) is 0 Å². The third kappa shape index (κ3) is 6.71. The number of anilines is 2. The van der Waals surface area contributed by atoms with Gasteiger partial charge in [-0.2, -0.15) is 9.97 Å². The number of likely N-dealkylation sites (N-methyl/N-ethyl adjacent to an activating group) is 1. The number of alkyl halides is 1. The van der Waals surface area contributed by atoms with Gasteiger partial charge in [-0.15, -0.1) is 0 Å². The van der Waals surface area contributed by atoms with Crippen molar-refractivity contribution in [3.63, 3.8) is 0 Å². The molecule has 3 aliphatic rings. The minimum Gasteiger partial charge on any atom is -0.459 e. The lowest BCUT2D eigenvalue weighted by Gasteiger charge is -2.41. The number of fused-ring (bicyclic) bond motifs is 2. The van der Waals surface area contributed by atoms with Crippen LogP contribution in [0.3, 0.4) is 0 Å². The van der Waals surface area contributed by atoms with E-state index in [1.165, 1.54) is 31.1 Å². The Hall–Kier alpha value is -4.30. The van der Waals surface area contributed by atoms with Gasteiger partial charge in [0.1, 0.15) is 30.5 Å². The highest BCUT2D eigenvalue weighted by Gasteiger charge is 2.35. The number of nitrogens with zero attached hydrogens (tertiary/aromatic N) is 7. The van der Waals surface area contributed by atoms with E-state index in [1.807, 2.05) is 31.2 Å². The highest BCUT2D eigenvalue weighted by Crippen LogP contribution is 2.36. The van der Waals surface area contributed by atoms with E-state index in [-0.39, 0.29) is 36.4 Å². The fourth-order valence-electron chi connectivity index (χ4n) is 6.58. The molecule has 1 saturated carbocycles. The van der Waals surface area contributed by atoms with E-state index < -0.39 is 6.67 Å². The Morgan fingerprint density at radius 3 is 2.73 bits per heavy atom. The molecule has 45 heavy (non-hydrogen) atoms. The van der Waals surface area contributed by atoms with Gasteiger partial charge in [0.25, 0.3) is 0 Å². The van der Waals surface area contributed by atoms with E-state index in [0.717, 1.165) is 34.7 Å². The number of piperazine rings is 1. The largest absolute Gasteiger partial charge is 0.459 e. The molecule has 3 heterocycles. The highest BCUT2D eigenvalue weighted by atomic mass is 19.1. The van der Waals surface area contributed by atoms with Gasteiger partial charge < -0.3 is 24.3 Å². The molecule has 0 bridgehead atoms. The van der Waals surface area contributed by atoms with Crippen LogP contribution >= 0.6 is 0 Å². The summed E-state index contributed by atoms with van der Waals surface area (Å²) in [6.45, 7) is 12.1. The van der Waals surface area contributed by atoms with Gasteiger partial charge in [-0.1, -0.05) is 24.3 Å². The summed E-state index contributed by atoms with van der Waals surface area (Å²) in [6.07, 6.45) is 5.36. The fraction of sp³-hybridized carbons (Fsp3) is 0.471. The van der Waals surface area contributed by atoms with Gasteiger partial charge >= 0.3 is 6.01 Å². The number of benzene rings is 2. The van der Waals surface area contributed by atoms with Gasteiger partial charge in [-0.3, -0.25) is 9.69 Å². The number of ether oxygens (including phenoxy) is 1. The lowest BCUT2D eigenvalue weighted by molar-refractivity contribution is -0.128. The molecule has 0 spiro atoms. The van der Waals surface area contributed by atoms with Crippen LogP contribution in [0.1, 0.15) is 31.0 Å². The van der Waals surface area contributed by atoms with Crippen molar-refractivity contribution < 1.29 is 18.3 Å². The molecule has 3 aromatic rings. The Balaban J connectivity index is 1.32. The SMILES string of the molecule is [C-]#[N+]C[C@H]1CN(c2nc(O[C@H](C)CN(C)C3CC3)nc3c2CCN(c2cccc4cccc(F)c24)C3)CCN1C(=O)/C=C/CF. The number of hydrogen-bond donors (Lipinski definition) is 0. The summed E-state index contributed by atoms with van der Waals surface area (Å²) in [5.74, 6) is 0.207. The predicted molar refractivity (Wildman–Crippen MR) is 171 cm³/mol. The molecule has 9 nitrogen and oxygen atoms in total. The summed E-state index contributed by atoms with van der Waals surface area (Å²) in [6, 6.07) is 11.5. The van der Waals surface area contributed by atoms with Crippen LogP contribution in [0.15, 0.2) is 48.6 Å². The molecule has 2 aromatic carbocycles. The standard InChI is InChI=1S/C34H39F2N7O2/c1-23(20-40(3)25-12-13-25)45-34-38-29-22-41(30-10-5-8-24-7-4-9-28(36)32(24)30)16-14-27(29)33(39-34)42-17-18-43(26(21-42)19-37-2)31(44)11-6-15-35/h4-11,23,25-26H,12-22H2,1,3H3/b11-6+/t23-,26+/m1/s1. The Bertz CT molecular complexity index is 1620. The first-order valence-electron chi connectivity index (χ1n) is 15.7. The summed E-state index contributed by atoms with van der Waals surface area (Å²) < 4.78 is 34.1. The third-order valence-corrected chi connectivity index (χ3v) is 8.93. The van der Waals surface area contributed by atoms with Crippen LogP contribution in [0, 0.1) is 12.4 Å². The highest BCUT2D eigenvalue weighted by molar-refractivity contribution is 5.95. The van der Waals surface area contributed by atoms with Crippen LogP contribution in [-0.4, -0.2) is 96.9 Å². The maximum absolute atomic E-state index is 15.1. The van der Waals surface area contributed by atoms with Gasteiger partial charge in [0.15, 0.2) is 0 Å². The zero-order valence-electron chi connectivity index (χ0n) is 25.8. The minimum atomic E-state index is -0.716. The molecule has 1 aliphatic carbocycles. The third-order valence-electron chi connectivity index (χ3n) is 8.93. The number of aromatic nitrogens is 2. The average molecular weight is 616 g/mol. The number of carbonyl (C=O) groups excluding carboxylic acids is 1. The van der Waals surface area contributed by atoms with Crippen LogP contribution in [0.4, 0.5) is 20.3 Å². The molecule has 1 saturated heterocycles. The topological polar surface area (TPSA) is 69.4 Å². The first-order valence-corrected chi connectivity index (χ1v) is 15.7. The second kappa shape index (κ2) is 13.4. The summed E-state index contributed by atoms with van der Waals surface area (Å²) in [7, 11) is 2.11. The van der Waals surface area contributed by atoms with Crippen molar-refractivity contribution in [2.24, 2.45) is 0 Å². The Labute approximate surface area is 262 Å². The summed E-state index contributed by atoms with van der Waals surface area (Å²) in [5, 5.41) is 1.44. The quantitative estimate of drug-likeness (QED) is 0.243. The molecular weight excluding hydrogens is 576 g/mol. The van der Waals surface area contributed by atoms with Crippen LogP contribution in [0.5, 0.6) is 6.01 Å². The predicted octanol–water partition coefficient (Wildman–Crippen LogP) is 4.66. The number of allylic oxidation sites excluding steroid dienone is 1. The van der Waals surface area contributed by atoms with E-state index in [2.05, 4.69) is 26.6 Å². The zero-order valence-corrected chi connectivity index (χ0v) is 25.8. The van der Waals surface area contributed by atoms with Crippen molar-refractivity contribution in [1.82, 2.24) is 19.8 Å². The minimum absolute atomic E-state index is 0.132. The second-order valence-electron chi connectivity index (χ2n) is 12.2. The van der Waals surface area contributed by atoms with Crippen LogP contribution in [0.25, 0.3) is 15.6 Å². The summed E-state index contributed by atoms with van der Waals surface area (Å²) in [4.78, 5) is 34.5. The van der Waals surface area contributed by atoms with Crippen molar-refractivity contribution in [3.05, 3.63) is 77.0 Å². The number of rotatable bonds is 10. The number of halogens is 2. The Kier molecular flexibility index (Phi) is 9.12. The summed E-state index contributed by atoms with van der Waals surface area (Å²) >= 11 is 0. The fourth-order valence-corrected chi connectivity index (χ4v) is 6.58. The van der Waals surface area contributed by atoms with Gasteiger partial charge in [0.05, 0.1) is 12.2 Å². The smallest absolute Gasteiger partial charge is 0.318 e. The number of hydrogen-bond acceptors (Lipinski definition) is 7. The molecule has 6 rings (SSSR count).